The molecule has 0 heterocycles. The van der Waals surface area contributed by atoms with Gasteiger partial charge in [-0.15, -0.1) is 11.8 Å². The molecule has 15 heavy (non-hydrogen) atoms. The Balaban J connectivity index is 2.83. The normalized spacial score (nSPS) is 14.9. The summed E-state index contributed by atoms with van der Waals surface area (Å²) in [5.74, 6) is 0. The van der Waals surface area contributed by atoms with Crippen LogP contribution in [0.5, 0.6) is 0 Å². The van der Waals surface area contributed by atoms with Crippen molar-refractivity contribution in [1.82, 2.24) is 0 Å². The molecule has 2 atom stereocenters. The van der Waals surface area contributed by atoms with E-state index < -0.39 is 12.7 Å². The van der Waals surface area contributed by atoms with Gasteiger partial charge in [0.1, 0.15) is 6.67 Å². The zero-order chi connectivity index (χ0) is 11.3. The Hall–Kier alpha value is -0.580. The van der Waals surface area contributed by atoms with Crippen molar-refractivity contribution in [2.75, 3.05) is 20.0 Å². The van der Waals surface area contributed by atoms with Gasteiger partial charge in [-0.1, -0.05) is 12.1 Å². The minimum absolute atomic E-state index is 0.370. The fraction of sp³-hybridized carbons (Fsp3) is 0.455. The second kappa shape index (κ2) is 6.10. The molecular formula is C11H16FNOS. The smallest absolute Gasteiger partial charge is 0.107 e. The standard InChI is InChI=1S/C11H16FNOS/c1-14-11(10(13)7-12)8-3-5-9(15-2)6-4-8/h3-6,10-11H,7,13H2,1-2H3. The molecule has 0 aliphatic rings. The van der Waals surface area contributed by atoms with E-state index in [0.29, 0.717) is 0 Å². The van der Waals surface area contributed by atoms with E-state index in [1.54, 1.807) is 18.9 Å². The van der Waals surface area contributed by atoms with Crippen molar-refractivity contribution in [2.24, 2.45) is 5.73 Å². The highest BCUT2D eigenvalue weighted by atomic mass is 32.2. The van der Waals surface area contributed by atoms with Crippen LogP contribution in [0.3, 0.4) is 0 Å². The third kappa shape index (κ3) is 3.19. The van der Waals surface area contributed by atoms with Crippen molar-refractivity contribution < 1.29 is 9.13 Å². The van der Waals surface area contributed by atoms with Crippen LogP contribution < -0.4 is 5.73 Å². The highest BCUT2D eigenvalue weighted by Crippen LogP contribution is 2.23. The molecule has 0 aromatic heterocycles. The number of hydrogen-bond acceptors (Lipinski definition) is 3. The number of ether oxygens (including phenoxy) is 1. The molecule has 0 aliphatic heterocycles. The highest BCUT2D eigenvalue weighted by molar-refractivity contribution is 7.98. The topological polar surface area (TPSA) is 35.2 Å². The lowest BCUT2D eigenvalue weighted by atomic mass is 10.0. The van der Waals surface area contributed by atoms with E-state index in [9.17, 15) is 4.39 Å². The largest absolute Gasteiger partial charge is 0.375 e. The van der Waals surface area contributed by atoms with Gasteiger partial charge >= 0.3 is 0 Å². The fourth-order valence-electron chi connectivity index (χ4n) is 1.43. The van der Waals surface area contributed by atoms with Crippen molar-refractivity contribution in [3.63, 3.8) is 0 Å². The Morgan fingerprint density at radius 3 is 2.40 bits per heavy atom. The van der Waals surface area contributed by atoms with Crippen LogP contribution in [0.25, 0.3) is 0 Å². The van der Waals surface area contributed by atoms with Crippen LogP contribution >= 0.6 is 11.8 Å². The third-order valence-electron chi connectivity index (χ3n) is 2.27. The molecule has 4 heteroatoms. The first-order chi connectivity index (χ1) is 7.22. The first-order valence-corrected chi connectivity index (χ1v) is 5.93. The van der Waals surface area contributed by atoms with E-state index in [4.69, 9.17) is 10.5 Å². The molecule has 1 rings (SSSR count). The zero-order valence-electron chi connectivity index (χ0n) is 8.94. The molecule has 0 amide bonds. The van der Waals surface area contributed by atoms with Gasteiger partial charge in [0.25, 0.3) is 0 Å². The molecule has 84 valence electrons. The van der Waals surface area contributed by atoms with Crippen molar-refractivity contribution in [1.29, 1.82) is 0 Å². The summed E-state index contributed by atoms with van der Waals surface area (Å²) in [4.78, 5) is 1.17. The Bertz CT molecular complexity index is 291. The van der Waals surface area contributed by atoms with Crippen LogP contribution in [-0.4, -0.2) is 26.1 Å². The number of halogens is 1. The van der Waals surface area contributed by atoms with Crippen LogP contribution in [0.2, 0.25) is 0 Å². The molecule has 2 nitrogen and oxygen atoms in total. The molecule has 0 radical (unpaired) electrons. The summed E-state index contributed by atoms with van der Waals surface area (Å²) in [5, 5.41) is 0. The number of nitrogens with two attached hydrogens (primary N) is 1. The van der Waals surface area contributed by atoms with E-state index in [2.05, 4.69) is 0 Å². The van der Waals surface area contributed by atoms with Gasteiger partial charge in [0, 0.05) is 12.0 Å². The number of methoxy groups -OCH3 is 1. The molecule has 0 fully saturated rings. The van der Waals surface area contributed by atoms with E-state index in [1.807, 2.05) is 30.5 Å². The summed E-state index contributed by atoms with van der Waals surface area (Å²) in [6.45, 7) is -0.581. The predicted octanol–water partition coefficient (Wildman–Crippen LogP) is 2.39. The second-order valence-electron chi connectivity index (χ2n) is 3.25. The van der Waals surface area contributed by atoms with Crippen LogP contribution in [0.15, 0.2) is 29.2 Å². The monoisotopic (exact) mass is 229 g/mol. The lowest BCUT2D eigenvalue weighted by Gasteiger charge is -2.20. The molecule has 1 aromatic carbocycles. The molecule has 0 bridgehead atoms. The molecule has 0 aliphatic carbocycles. The van der Waals surface area contributed by atoms with Gasteiger partial charge in [0.05, 0.1) is 12.1 Å². The first-order valence-electron chi connectivity index (χ1n) is 4.71. The zero-order valence-corrected chi connectivity index (χ0v) is 9.76. The summed E-state index contributed by atoms with van der Waals surface area (Å²) in [7, 11) is 1.54. The van der Waals surface area contributed by atoms with Gasteiger partial charge in [-0.3, -0.25) is 0 Å². The average molecular weight is 229 g/mol. The van der Waals surface area contributed by atoms with Crippen LogP contribution in [0.1, 0.15) is 11.7 Å². The Morgan fingerprint density at radius 2 is 2.00 bits per heavy atom. The number of thioether (sulfide) groups is 1. The number of rotatable bonds is 5. The molecule has 1 aromatic rings. The summed E-state index contributed by atoms with van der Waals surface area (Å²) in [6.07, 6.45) is 1.64. The summed E-state index contributed by atoms with van der Waals surface area (Å²) < 4.78 is 17.6. The van der Waals surface area contributed by atoms with E-state index in [0.717, 1.165) is 5.56 Å². The number of alkyl halides is 1. The van der Waals surface area contributed by atoms with Crippen LogP contribution in [-0.2, 0) is 4.74 Å². The van der Waals surface area contributed by atoms with Crippen LogP contribution in [0, 0.1) is 0 Å². The van der Waals surface area contributed by atoms with E-state index in [-0.39, 0.29) is 6.10 Å². The molecule has 0 saturated carbocycles. The van der Waals surface area contributed by atoms with Crippen LogP contribution in [0.4, 0.5) is 4.39 Å². The minimum atomic E-state index is -0.602. The molecular weight excluding hydrogens is 213 g/mol. The molecule has 0 spiro atoms. The maximum atomic E-state index is 12.4. The maximum Gasteiger partial charge on any atom is 0.107 e. The quantitative estimate of drug-likeness (QED) is 0.787. The molecule has 0 saturated heterocycles. The summed E-state index contributed by atoms with van der Waals surface area (Å²) in [5.41, 5.74) is 6.54. The Labute approximate surface area is 94.0 Å². The predicted molar refractivity (Wildman–Crippen MR) is 61.9 cm³/mol. The highest BCUT2D eigenvalue weighted by Gasteiger charge is 2.18. The van der Waals surface area contributed by atoms with Crippen molar-refractivity contribution in [3.8, 4) is 0 Å². The second-order valence-corrected chi connectivity index (χ2v) is 4.13. The van der Waals surface area contributed by atoms with Gasteiger partial charge in [-0.05, 0) is 24.0 Å². The third-order valence-corrected chi connectivity index (χ3v) is 3.01. The Morgan fingerprint density at radius 1 is 1.40 bits per heavy atom. The minimum Gasteiger partial charge on any atom is -0.375 e. The lowest BCUT2D eigenvalue weighted by molar-refractivity contribution is 0.0720. The van der Waals surface area contributed by atoms with Crippen molar-refractivity contribution in [3.05, 3.63) is 29.8 Å². The number of hydrogen-bond donors (Lipinski definition) is 1. The fourth-order valence-corrected chi connectivity index (χ4v) is 1.84. The van der Waals surface area contributed by atoms with Gasteiger partial charge in [-0.2, -0.15) is 0 Å². The van der Waals surface area contributed by atoms with Gasteiger partial charge in [0.15, 0.2) is 0 Å². The molecule has 2 unspecified atom stereocenters. The van der Waals surface area contributed by atoms with E-state index >= 15 is 0 Å². The maximum absolute atomic E-state index is 12.4. The summed E-state index contributed by atoms with van der Waals surface area (Å²) >= 11 is 1.66. The lowest BCUT2D eigenvalue weighted by Crippen LogP contribution is -2.31. The first kappa shape index (κ1) is 12.5. The van der Waals surface area contributed by atoms with Crippen molar-refractivity contribution >= 4 is 11.8 Å². The van der Waals surface area contributed by atoms with E-state index in [1.165, 1.54) is 4.90 Å². The SMILES string of the molecule is COC(c1ccc(SC)cc1)C(N)CF. The van der Waals surface area contributed by atoms with Gasteiger partial charge in [0.2, 0.25) is 0 Å². The summed E-state index contributed by atoms with van der Waals surface area (Å²) in [6, 6.07) is 7.22. The molecule has 2 N–H and O–H groups in total. The number of benzene rings is 1. The van der Waals surface area contributed by atoms with Gasteiger partial charge < -0.3 is 10.5 Å². The Kier molecular flexibility index (Phi) is 5.08. The van der Waals surface area contributed by atoms with Gasteiger partial charge in [-0.25, -0.2) is 4.39 Å². The van der Waals surface area contributed by atoms with Crippen molar-refractivity contribution in [2.45, 2.75) is 17.0 Å². The average Bonchev–Trinajstić information content (AvgIpc) is 2.30.